The molecular weight excluding hydrogens is 384 g/mol. The molecule has 0 bridgehead atoms. The van der Waals surface area contributed by atoms with Crippen LogP contribution in [0.5, 0.6) is 0 Å². The molecule has 0 amide bonds. The first kappa shape index (κ1) is 17.2. The van der Waals surface area contributed by atoms with Crippen LogP contribution in [0.15, 0.2) is 32.9 Å². The van der Waals surface area contributed by atoms with Crippen LogP contribution in [0.2, 0.25) is 4.34 Å². The summed E-state index contributed by atoms with van der Waals surface area (Å²) in [6, 6.07) is 7.04. The molecule has 24 heavy (non-hydrogen) atoms. The molecule has 0 aliphatic heterocycles. The first-order chi connectivity index (χ1) is 11.3. The van der Waals surface area contributed by atoms with Gasteiger partial charge in [-0.25, -0.2) is 0 Å². The number of rotatable bonds is 3. The summed E-state index contributed by atoms with van der Waals surface area (Å²) < 4.78 is 32.3. The highest BCUT2D eigenvalue weighted by atomic mass is 35.5. The van der Waals surface area contributed by atoms with Gasteiger partial charge in [-0.15, -0.1) is 22.2 Å². The number of benzene rings is 1. The number of nitrogens with zero attached hydrogens (tertiary/aromatic N) is 2. The molecule has 0 unspecified atom stereocenters. The Kier molecular flexibility index (Phi) is 4.58. The molecule has 0 N–H and O–H groups in total. The van der Waals surface area contributed by atoms with E-state index in [9.17, 15) is 8.42 Å². The van der Waals surface area contributed by atoms with Crippen molar-refractivity contribution < 1.29 is 8.42 Å². The second-order valence-electron chi connectivity index (χ2n) is 5.23. The Morgan fingerprint density at radius 2 is 2.04 bits per heavy atom. The molecule has 1 aromatic carbocycles. The number of thiophene rings is 1. The SMILES string of the molecule is C#CCn1/c(=N/S(=O)(=O)c2ccc(Cl)s2)sc2c(C)cc(C)cc21. The summed E-state index contributed by atoms with van der Waals surface area (Å²) in [5.41, 5.74) is 3.05. The van der Waals surface area contributed by atoms with E-state index in [1.807, 2.05) is 19.9 Å². The number of aromatic nitrogens is 1. The summed E-state index contributed by atoms with van der Waals surface area (Å²) in [6.07, 6.45) is 5.46. The van der Waals surface area contributed by atoms with Crippen molar-refractivity contribution >= 4 is 54.5 Å². The third-order valence-corrected chi connectivity index (χ3v) is 7.68. The van der Waals surface area contributed by atoms with Crippen LogP contribution >= 0.6 is 34.3 Å². The molecule has 0 aliphatic rings. The molecule has 2 heterocycles. The molecule has 0 atom stereocenters. The summed E-state index contributed by atoms with van der Waals surface area (Å²) in [4.78, 5) is 0.362. The monoisotopic (exact) mass is 396 g/mol. The molecule has 0 spiro atoms. The van der Waals surface area contributed by atoms with Crippen molar-refractivity contribution in [1.82, 2.24) is 4.57 Å². The van der Waals surface area contributed by atoms with Crippen LogP contribution < -0.4 is 4.80 Å². The fourth-order valence-electron chi connectivity index (χ4n) is 2.41. The van der Waals surface area contributed by atoms with Crippen LogP contribution in [0.1, 0.15) is 11.1 Å². The Morgan fingerprint density at radius 1 is 1.29 bits per heavy atom. The normalized spacial score (nSPS) is 12.7. The third kappa shape index (κ3) is 3.15. The second kappa shape index (κ2) is 6.37. The lowest BCUT2D eigenvalue weighted by Crippen LogP contribution is -2.16. The number of fused-ring (bicyclic) bond motifs is 1. The van der Waals surface area contributed by atoms with Crippen molar-refractivity contribution in [3.63, 3.8) is 0 Å². The van der Waals surface area contributed by atoms with E-state index in [1.54, 1.807) is 10.6 Å². The number of terminal acetylenes is 1. The van der Waals surface area contributed by atoms with Gasteiger partial charge in [-0.2, -0.15) is 8.42 Å². The highest BCUT2D eigenvalue weighted by molar-refractivity contribution is 7.92. The molecule has 3 rings (SSSR count). The largest absolute Gasteiger partial charge is 0.304 e. The molecule has 0 saturated heterocycles. The molecule has 0 saturated carbocycles. The average molecular weight is 397 g/mol. The van der Waals surface area contributed by atoms with Crippen molar-refractivity contribution in [3.05, 3.63) is 44.5 Å². The van der Waals surface area contributed by atoms with Crippen molar-refractivity contribution in [1.29, 1.82) is 0 Å². The lowest BCUT2D eigenvalue weighted by atomic mass is 10.1. The highest BCUT2D eigenvalue weighted by Gasteiger charge is 2.17. The number of thiazole rings is 1. The number of hydrogen-bond acceptors (Lipinski definition) is 4. The smallest absolute Gasteiger partial charge is 0.294 e. The van der Waals surface area contributed by atoms with Crippen molar-refractivity contribution in [2.45, 2.75) is 24.6 Å². The zero-order valence-corrected chi connectivity index (χ0v) is 16.1. The zero-order valence-electron chi connectivity index (χ0n) is 12.9. The van der Waals surface area contributed by atoms with Gasteiger partial charge in [0.05, 0.1) is 21.1 Å². The minimum atomic E-state index is -3.82. The minimum Gasteiger partial charge on any atom is -0.304 e. The summed E-state index contributed by atoms with van der Waals surface area (Å²) in [5.74, 6) is 2.57. The lowest BCUT2D eigenvalue weighted by molar-refractivity contribution is 0.598. The van der Waals surface area contributed by atoms with Gasteiger partial charge in [0.2, 0.25) is 4.80 Å². The molecule has 124 valence electrons. The standard InChI is InChI=1S/C16H13ClN2O2S3/c1-4-7-19-12-9-10(2)8-11(3)15(12)23-16(19)18-24(20,21)14-6-5-13(17)22-14/h1,5-6,8-9H,7H2,2-3H3/b18-16-. The van der Waals surface area contributed by atoms with E-state index in [1.165, 1.54) is 17.4 Å². The Hall–Kier alpha value is -1.59. The maximum atomic E-state index is 12.5. The molecule has 2 aromatic heterocycles. The van der Waals surface area contributed by atoms with Gasteiger partial charge < -0.3 is 4.57 Å². The molecule has 0 radical (unpaired) electrons. The molecule has 4 nitrogen and oxygen atoms in total. The quantitative estimate of drug-likeness (QED) is 0.629. The fraction of sp³-hybridized carbons (Fsp3) is 0.188. The Morgan fingerprint density at radius 3 is 2.67 bits per heavy atom. The molecule has 8 heteroatoms. The van der Waals surface area contributed by atoms with Gasteiger partial charge in [0.1, 0.15) is 4.21 Å². The summed E-state index contributed by atoms with van der Waals surface area (Å²) in [5, 5.41) is 0. The van der Waals surface area contributed by atoms with Crippen molar-refractivity contribution in [2.24, 2.45) is 4.40 Å². The van der Waals surface area contributed by atoms with Gasteiger partial charge in [0, 0.05) is 0 Å². The van der Waals surface area contributed by atoms with E-state index in [0.717, 1.165) is 32.7 Å². The van der Waals surface area contributed by atoms with Crippen LogP contribution in [-0.4, -0.2) is 13.0 Å². The van der Waals surface area contributed by atoms with E-state index in [0.29, 0.717) is 9.14 Å². The van der Waals surface area contributed by atoms with Gasteiger partial charge >= 0.3 is 0 Å². The van der Waals surface area contributed by atoms with E-state index < -0.39 is 10.0 Å². The van der Waals surface area contributed by atoms with Crippen molar-refractivity contribution in [3.8, 4) is 12.3 Å². The van der Waals surface area contributed by atoms with Crippen LogP contribution in [0.4, 0.5) is 0 Å². The van der Waals surface area contributed by atoms with Crippen LogP contribution in [0.3, 0.4) is 0 Å². The highest BCUT2D eigenvalue weighted by Crippen LogP contribution is 2.28. The first-order valence-electron chi connectivity index (χ1n) is 6.92. The van der Waals surface area contributed by atoms with Gasteiger partial charge in [0.15, 0.2) is 0 Å². The van der Waals surface area contributed by atoms with Gasteiger partial charge in [-0.3, -0.25) is 0 Å². The Labute approximate surface area is 153 Å². The Bertz CT molecular complexity index is 1140. The van der Waals surface area contributed by atoms with Gasteiger partial charge in [-0.1, -0.05) is 34.9 Å². The van der Waals surface area contributed by atoms with Gasteiger partial charge in [-0.05, 0) is 43.2 Å². The number of halogens is 1. The van der Waals surface area contributed by atoms with Crippen LogP contribution in [0.25, 0.3) is 10.2 Å². The maximum Gasteiger partial charge on any atom is 0.294 e. The molecular formula is C16H13ClN2O2S3. The lowest BCUT2D eigenvalue weighted by Gasteiger charge is -2.02. The van der Waals surface area contributed by atoms with E-state index in [4.69, 9.17) is 18.0 Å². The summed E-state index contributed by atoms with van der Waals surface area (Å²) >= 11 is 8.14. The van der Waals surface area contributed by atoms with Crippen molar-refractivity contribution in [2.75, 3.05) is 0 Å². The summed E-state index contributed by atoms with van der Waals surface area (Å²) in [7, 11) is -3.82. The first-order valence-corrected chi connectivity index (χ1v) is 10.4. The van der Waals surface area contributed by atoms with E-state index in [-0.39, 0.29) is 10.8 Å². The second-order valence-corrected chi connectivity index (χ2v) is 9.75. The van der Waals surface area contributed by atoms with Crippen LogP contribution in [-0.2, 0) is 16.6 Å². The number of hydrogen-bond donors (Lipinski definition) is 0. The molecule has 3 aromatic rings. The number of aryl methyl sites for hydroxylation is 2. The molecule has 0 aliphatic carbocycles. The predicted molar refractivity (Wildman–Crippen MR) is 100 cm³/mol. The number of sulfonamides is 1. The van der Waals surface area contributed by atoms with E-state index in [2.05, 4.69) is 16.4 Å². The third-order valence-electron chi connectivity index (χ3n) is 3.36. The summed E-state index contributed by atoms with van der Waals surface area (Å²) in [6.45, 7) is 4.23. The Balaban J connectivity index is 2.31. The van der Waals surface area contributed by atoms with Crippen LogP contribution in [0, 0.1) is 26.2 Å². The van der Waals surface area contributed by atoms with Gasteiger partial charge in [0.25, 0.3) is 10.0 Å². The molecule has 0 fully saturated rings. The maximum absolute atomic E-state index is 12.5. The fourth-order valence-corrected chi connectivity index (χ4v) is 6.15. The predicted octanol–water partition coefficient (Wildman–Crippen LogP) is 3.96. The van der Waals surface area contributed by atoms with E-state index >= 15 is 0 Å². The minimum absolute atomic E-state index is 0.116. The topological polar surface area (TPSA) is 51.4 Å². The zero-order chi connectivity index (χ0) is 17.5. The average Bonchev–Trinajstić information content (AvgIpc) is 3.06.